The Balaban J connectivity index is 2.07. The molecule has 0 spiro atoms. The molecule has 4 heteroatoms. The lowest BCUT2D eigenvalue weighted by molar-refractivity contribution is 0.632. The minimum atomic E-state index is 0.160. The lowest BCUT2D eigenvalue weighted by Gasteiger charge is -2.08. The fourth-order valence-corrected chi connectivity index (χ4v) is 2.21. The standard InChI is InChI=1S/C14H22N4/c1-3-5-14(15)12-6-7-17(9-12)10-13-8-16-11-18(13)4-2/h6-9,11,14H,3-5,10,15H2,1-2H3. The second kappa shape index (κ2) is 5.87. The average Bonchev–Trinajstić information content (AvgIpc) is 2.99. The molecule has 0 aliphatic rings. The first-order valence-electron chi connectivity index (χ1n) is 6.64. The van der Waals surface area contributed by atoms with Gasteiger partial charge in [-0.15, -0.1) is 0 Å². The Morgan fingerprint density at radius 1 is 1.39 bits per heavy atom. The summed E-state index contributed by atoms with van der Waals surface area (Å²) in [6.45, 7) is 6.10. The van der Waals surface area contributed by atoms with E-state index in [1.165, 1.54) is 11.3 Å². The molecule has 0 aliphatic heterocycles. The Hall–Kier alpha value is -1.55. The molecule has 0 radical (unpaired) electrons. The fourth-order valence-electron chi connectivity index (χ4n) is 2.21. The summed E-state index contributed by atoms with van der Waals surface area (Å²) in [5, 5.41) is 0. The Kier molecular flexibility index (Phi) is 4.20. The van der Waals surface area contributed by atoms with Gasteiger partial charge in [-0.05, 0) is 25.0 Å². The van der Waals surface area contributed by atoms with Crippen molar-refractivity contribution in [1.82, 2.24) is 14.1 Å². The molecular weight excluding hydrogens is 224 g/mol. The van der Waals surface area contributed by atoms with Crippen molar-refractivity contribution in [1.29, 1.82) is 0 Å². The normalized spacial score (nSPS) is 12.8. The zero-order valence-corrected chi connectivity index (χ0v) is 11.2. The van der Waals surface area contributed by atoms with Crippen molar-refractivity contribution in [3.8, 4) is 0 Å². The summed E-state index contributed by atoms with van der Waals surface area (Å²) in [5.41, 5.74) is 8.56. The van der Waals surface area contributed by atoms with E-state index in [0.29, 0.717) is 0 Å². The molecule has 2 heterocycles. The van der Waals surface area contributed by atoms with E-state index in [-0.39, 0.29) is 6.04 Å². The molecule has 1 unspecified atom stereocenters. The maximum Gasteiger partial charge on any atom is 0.0948 e. The molecule has 18 heavy (non-hydrogen) atoms. The highest BCUT2D eigenvalue weighted by atomic mass is 15.1. The molecule has 0 amide bonds. The molecule has 2 aromatic rings. The van der Waals surface area contributed by atoms with Gasteiger partial charge in [0.2, 0.25) is 0 Å². The second-order valence-electron chi connectivity index (χ2n) is 4.68. The Morgan fingerprint density at radius 3 is 2.94 bits per heavy atom. The van der Waals surface area contributed by atoms with Crippen LogP contribution in [0.5, 0.6) is 0 Å². The van der Waals surface area contributed by atoms with Gasteiger partial charge in [0.15, 0.2) is 0 Å². The van der Waals surface area contributed by atoms with E-state index in [4.69, 9.17) is 5.73 Å². The van der Waals surface area contributed by atoms with Gasteiger partial charge < -0.3 is 14.9 Å². The second-order valence-corrected chi connectivity index (χ2v) is 4.68. The Bertz CT molecular complexity index is 483. The van der Waals surface area contributed by atoms with Crippen LogP contribution in [0.2, 0.25) is 0 Å². The maximum absolute atomic E-state index is 6.12. The number of aryl methyl sites for hydroxylation is 1. The third-order valence-electron chi connectivity index (χ3n) is 3.28. The summed E-state index contributed by atoms with van der Waals surface area (Å²) in [7, 11) is 0. The number of hydrogen-bond acceptors (Lipinski definition) is 2. The van der Waals surface area contributed by atoms with Gasteiger partial charge >= 0.3 is 0 Å². The predicted molar refractivity (Wildman–Crippen MR) is 73.3 cm³/mol. The summed E-state index contributed by atoms with van der Waals surface area (Å²) in [6, 6.07) is 2.28. The van der Waals surface area contributed by atoms with Crippen LogP contribution in [-0.2, 0) is 13.1 Å². The predicted octanol–water partition coefficient (Wildman–Crippen LogP) is 2.55. The number of nitrogens with two attached hydrogens (primary N) is 1. The molecular formula is C14H22N4. The largest absolute Gasteiger partial charge is 0.348 e. The molecule has 2 aromatic heterocycles. The highest BCUT2D eigenvalue weighted by molar-refractivity contribution is 5.16. The summed E-state index contributed by atoms with van der Waals surface area (Å²) in [6.07, 6.45) is 10.2. The number of aromatic nitrogens is 3. The number of rotatable bonds is 6. The van der Waals surface area contributed by atoms with Gasteiger partial charge in [0.25, 0.3) is 0 Å². The van der Waals surface area contributed by atoms with Crippen molar-refractivity contribution >= 4 is 0 Å². The van der Waals surface area contributed by atoms with Gasteiger partial charge in [-0.3, -0.25) is 0 Å². The van der Waals surface area contributed by atoms with Crippen molar-refractivity contribution in [2.45, 2.75) is 45.8 Å². The Labute approximate surface area is 108 Å². The van der Waals surface area contributed by atoms with Crippen molar-refractivity contribution in [3.63, 3.8) is 0 Å². The van der Waals surface area contributed by atoms with E-state index in [9.17, 15) is 0 Å². The van der Waals surface area contributed by atoms with E-state index in [0.717, 1.165) is 25.9 Å². The van der Waals surface area contributed by atoms with Gasteiger partial charge in [-0.1, -0.05) is 13.3 Å². The SMILES string of the molecule is CCCC(N)c1ccn(Cc2cncn2CC)c1. The van der Waals surface area contributed by atoms with Crippen LogP contribution >= 0.6 is 0 Å². The van der Waals surface area contributed by atoms with Crippen molar-refractivity contribution in [3.05, 3.63) is 42.2 Å². The first-order chi connectivity index (χ1) is 8.74. The molecule has 0 fully saturated rings. The van der Waals surface area contributed by atoms with E-state index in [1.807, 2.05) is 12.5 Å². The smallest absolute Gasteiger partial charge is 0.0948 e. The average molecular weight is 246 g/mol. The monoisotopic (exact) mass is 246 g/mol. The molecule has 0 bridgehead atoms. The summed E-state index contributed by atoms with van der Waals surface area (Å²) < 4.78 is 4.33. The van der Waals surface area contributed by atoms with Crippen LogP contribution in [-0.4, -0.2) is 14.1 Å². The van der Waals surface area contributed by atoms with Gasteiger partial charge in [0.1, 0.15) is 0 Å². The molecule has 0 saturated carbocycles. The van der Waals surface area contributed by atoms with Crippen LogP contribution in [0, 0.1) is 0 Å². The summed E-state index contributed by atoms with van der Waals surface area (Å²) in [5.74, 6) is 0. The van der Waals surface area contributed by atoms with Crippen LogP contribution in [0.1, 0.15) is 44.0 Å². The molecule has 4 nitrogen and oxygen atoms in total. The molecule has 0 aromatic carbocycles. The lowest BCUT2D eigenvalue weighted by Crippen LogP contribution is -2.09. The summed E-state index contributed by atoms with van der Waals surface area (Å²) in [4.78, 5) is 4.19. The van der Waals surface area contributed by atoms with Crippen molar-refractivity contribution in [2.75, 3.05) is 0 Å². The third-order valence-corrected chi connectivity index (χ3v) is 3.28. The molecule has 1 atom stereocenters. The van der Waals surface area contributed by atoms with Crippen LogP contribution in [0.15, 0.2) is 31.0 Å². The minimum Gasteiger partial charge on any atom is -0.348 e. The van der Waals surface area contributed by atoms with E-state index >= 15 is 0 Å². The number of hydrogen-bond donors (Lipinski definition) is 1. The quantitative estimate of drug-likeness (QED) is 0.851. The molecule has 98 valence electrons. The van der Waals surface area contributed by atoms with Crippen LogP contribution < -0.4 is 5.73 Å². The number of nitrogens with zero attached hydrogens (tertiary/aromatic N) is 3. The lowest BCUT2D eigenvalue weighted by atomic mass is 10.1. The van der Waals surface area contributed by atoms with Crippen molar-refractivity contribution in [2.24, 2.45) is 5.73 Å². The van der Waals surface area contributed by atoms with Gasteiger partial charge in [-0.2, -0.15) is 0 Å². The maximum atomic E-state index is 6.12. The van der Waals surface area contributed by atoms with Gasteiger partial charge in [0, 0.05) is 31.2 Å². The minimum absolute atomic E-state index is 0.160. The molecule has 2 N–H and O–H groups in total. The van der Waals surface area contributed by atoms with E-state index in [1.54, 1.807) is 0 Å². The van der Waals surface area contributed by atoms with Crippen LogP contribution in [0.4, 0.5) is 0 Å². The topological polar surface area (TPSA) is 48.8 Å². The van der Waals surface area contributed by atoms with E-state index in [2.05, 4.69) is 46.4 Å². The zero-order chi connectivity index (χ0) is 13.0. The molecule has 0 aliphatic carbocycles. The van der Waals surface area contributed by atoms with Gasteiger partial charge in [-0.25, -0.2) is 4.98 Å². The third kappa shape index (κ3) is 2.82. The number of imidazole rings is 1. The Morgan fingerprint density at radius 2 is 2.22 bits per heavy atom. The highest BCUT2D eigenvalue weighted by Gasteiger charge is 2.07. The highest BCUT2D eigenvalue weighted by Crippen LogP contribution is 2.16. The first kappa shape index (κ1) is 12.9. The van der Waals surface area contributed by atoms with Crippen molar-refractivity contribution < 1.29 is 0 Å². The fraction of sp³-hybridized carbons (Fsp3) is 0.500. The molecule has 2 rings (SSSR count). The first-order valence-corrected chi connectivity index (χ1v) is 6.64. The van der Waals surface area contributed by atoms with E-state index < -0.39 is 0 Å². The zero-order valence-electron chi connectivity index (χ0n) is 11.2. The van der Waals surface area contributed by atoms with Gasteiger partial charge in [0.05, 0.1) is 18.6 Å². The van der Waals surface area contributed by atoms with Crippen LogP contribution in [0.25, 0.3) is 0 Å². The summed E-state index contributed by atoms with van der Waals surface area (Å²) >= 11 is 0. The van der Waals surface area contributed by atoms with Crippen LogP contribution in [0.3, 0.4) is 0 Å². The molecule has 0 saturated heterocycles.